The van der Waals surface area contributed by atoms with Crippen LogP contribution in [0.4, 0.5) is 0 Å². The number of aryl methyl sites for hydroxylation is 1. The first-order valence-electron chi connectivity index (χ1n) is 7.38. The standard InChI is InChI=1S/C14H24N4O3/c1-5-7-11-13(14(20)21-6-2)16-17-18(11)9-8-12(19)15-10(3)4/h10H,5-9H2,1-4H3,(H,15,19). The Labute approximate surface area is 125 Å². The van der Waals surface area contributed by atoms with Crippen molar-refractivity contribution in [3.63, 3.8) is 0 Å². The summed E-state index contributed by atoms with van der Waals surface area (Å²) >= 11 is 0. The molecule has 0 saturated heterocycles. The minimum atomic E-state index is -0.459. The van der Waals surface area contributed by atoms with E-state index in [1.807, 2.05) is 20.8 Å². The van der Waals surface area contributed by atoms with Crippen LogP contribution in [0.1, 0.15) is 56.7 Å². The second-order valence-corrected chi connectivity index (χ2v) is 5.05. The van der Waals surface area contributed by atoms with Crippen molar-refractivity contribution in [3.05, 3.63) is 11.4 Å². The normalized spacial score (nSPS) is 10.7. The van der Waals surface area contributed by atoms with Crippen molar-refractivity contribution in [1.82, 2.24) is 20.3 Å². The lowest BCUT2D eigenvalue weighted by atomic mass is 10.2. The molecular formula is C14H24N4O3. The average molecular weight is 296 g/mol. The predicted octanol–water partition coefficient (Wildman–Crippen LogP) is 1.32. The maximum absolute atomic E-state index is 11.8. The fraction of sp³-hybridized carbons (Fsp3) is 0.714. The van der Waals surface area contributed by atoms with Crippen LogP contribution in [0.25, 0.3) is 0 Å². The molecule has 0 radical (unpaired) electrons. The molecule has 0 unspecified atom stereocenters. The fourth-order valence-electron chi connectivity index (χ4n) is 1.96. The SMILES string of the molecule is CCCc1c(C(=O)OCC)nnn1CCC(=O)NC(C)C. The monoisotopic (exact) mass is 296 g/mol. The third-order valence-corrected chi connectivity index (χ3v) is 2.79. The molecule has 1 aromatic heterocycles. The summed E-state index contributed by atoms with van der Waals surface area (Å²) in [5.74, 6) is -0.500. The van der Waals surface area contributed by atoms with Gasteiger partial charge in [0.15, 0.2) is 5.69 Å². The number of esters is 1. The van der Waals surface area contributed by atoms with Gasteiger partial charge in [0.1, 0.15) is 0 Å². The Kier molecular flexibility index (Phi) is 6.84. The van der Waals surface area contributed by atoms with Crippen LogP contribution in [0.15, 0.2) is 0 Å². The molecule has 0 fully saturated rings. The van der Waals surface area contributed by atoms with Crippen LogP contribution in [0.3, 0.4) is 0 Å². The molecule has 1 amide bonds. The third kappa shape index (κ3) is 5.17. The van der Waals surface area contributed by atoms with Gasteiger partial charge in [0.25, 0.3) is 0 Å². The molecule has 0 aliphatic carbocycles. The molecule has 7 heteroatoms. The van der Waals surface area contributed by atoms with E-state index in [0.29, 0.717) is 26.0 Å². The molecular weight excluding hydrogens is 272 g/mol. The van der Waals surface area contributed by atoms with Crippen molar-refractivity contribution in [2.75, 3.05) is 6.61 Å². The highest BCUT2D eigenvalue weighted by Gasteiger charge is 2.20. The molecule has 1 N–H and O–H groups in total. The summed E-state index contributed by atoms with van der Waals surface area (Å²) in [6.45, 7) is 8.29. The van der Waals surface area contributed by atoms with Crippen LogP contribution in [0, 0.1) is 0 Å². The number of hydrogen-bond acceptors (Lipinski definition) is 5. The zero-order valence-electron chi connectivity index (χ0n) is 13.2. The summed E-state index contributed by atoms with van der Waals surface area (Å²) in [6, 6.07) is 0.110. The smallest absolute Gasteiger partial charge is 0.360 e. The van der Waals surface area contributed by atoms with Crippen molar-refractivity contribution >= 4 is 11.9 Å². The third-order valence-electron chi connectivity index (χ3n) is 2.79. The zero-order valence-corrected chi connectivity index (χ0v) is 13.2. The van der Waals surface area contributed by atoms with Crippen LogP contribution in [-0.4, -0.2) is 39.5 Å². The second kappa shape index (κ2) is 8.39. The molecule has 7 nitrogen and oxygen atoms in total. The van der Waals surface area contributed by atoms with E-state index in [-0.39, 0.29) is 17.6 Å². The number of aromatic nitrogens is 3. The summed E-state index contributed by atoms with van der Waals surface area (Å²) in [6.07, 6.45) is 1.84. The van der Waals surface area contributed by atoms with E-state index in [0.717, 1.165) is 12.1 Å². The van der Waals surface area contributed by atoms with E-state index >= 15 is 0 Å². The maximum Gasteiger partial charge on any atom is 0.360 e. The average Bonchev–Trinajstić information content (AvgIpc) is 2.79. The molecule has 1 heterocycles. The summed E-state index contributed by atoms with van der Waals surface area (Å²) in [4.78, 5) is 23.5. The van der Waals surface area contributed by atoms with Crippen LogP contribution in [0.5, 0.6) is 0 Å². The van der Waals surface area contributed by atoms with Crippen molar-refractivity contribution < 1.29 is 14.3 Å². The van der Waals surface area contributed by atoms with Gasteiger partial charge in [-0.1, -0.05) is 18.6 Å². The lowest BCUT2D eigenvalue weighted by Gasteiger charge is -2.09. The van der Waals surface area contributed by atoms with Gasteiger partial charge in [-0.05, 0) is 27.2 Å². The molecule has 21 heavy (non-hydrogen) atoms. The van der Waals surface area contributed by atoms with Crippen LogP contribution >= 0.6 is 0 Å². The molecule has 0 aliphatic heterocycles. The number of hydrogen-bond donors (Lipinski definition) is 1. The lowest BCUT2D eigenvalue weighted by molar-refractivity contribution is -0.121. The molecule has 0 bridgehead atoms. The van der Waals surface area contributed by atoms with Gasteiger partial charge in [0.05, 0.1) is 18.8 Å². The zero-order chi connectivity index (χ0) is 15.8. The Balaban J connectivity index is 2.78. The van der Waals surface area contributed by atoms with E-state index in [4.69, 9.17) is 4.74 Å². The predicted molar refractivity (Wildman–Crippen MR) is 77.9 cm³/mol. The van der Waals surface area contributed by atoms with Crippen molar-refractivity contribution in [3.8, 4) is 0 Å². The van der Waals surface area contributed by atoms with E-state index < -0.39 is 5.97 Å². The highest BCUT2D eigenvalue weighted by molar-refractivity contribution is 5.88. The second-order valence-electron chi connectivity index (χ2n) is 5.05. The van der Waals surface area contributed by atoms with Gasteiger partial charge in [-0.25, -0.2) is 9.48 Å². The van der Waals surface area contributed by atoms with Crippen LogP contribution in [-0.2, 0) is 22.5 Å². The summed E-state index contributed by atoms with van der Waals surface area (Å²) in [5.41, 5.74) is 0.983. The van der Waals surface area contributed by atoms with Crippen molar-refractivity contribution in [2.24, 2.45) is 0 Å². The lowest BCUT2D eigenvalue weighted by Crippen LogP contribution is -2.31. The molecule has 0 saturated carbocycles. The van der Waals surface area contributed by atoms with Crippen LogP contribution in [0.2, 0.25) is 0 Å². The van der Waals surface area contributed by atoms with Crippen molar-refractivity contribution in [1.29, 1.82) is 0 Å². The van der Waals surface area contributed by atoms with E-state index in [9.17, 15) is 9.59 Å². The molecule has 0 aliphatic rings. The first kappa shape index (κ1) is 17.1. The van der Waals surface area contributed by atoms with Gasteiger partial charge >= 0.3 is 5.97 Å². The molecule has 0 atom stereocenters. The maximum atomic E-state index is 11.8. The first-order chi connectivity index (χ1) is 9.99. The largest absolute Gasteiger partial charge is 0.461 e. The van der Waals surface area contributed by atoms with Gasteiger partial charge in [0.2, 0.25) is 5.91 Å². The first-order valence-corrected chi connectivity index (χ1v) is 7.38. The molecule has 1 aromatic rings. The fourth-order valence-corrected chi connectivity index (χ4v) is 1.96. The quantitative estimate of drug-likeness (QED) is 0.731. The van der Waals surface area contributed by atoms with Gasteiger partial charge < -0.3 is 10.1 Å². The van der Waals surface area contributed by atoms with Gasteiger partial charge in [0, 0.05) is 12.5 Å². The Hall–Kier alpha value is -1.92. The Morgan fingerprint density at radius 1 is 1.33 bits per heavy atom. The molecule has 118 valence electrons. The Morgan fingerprint density at radius 3 is 2.62 bits per heavy atom. The summed E-state index contributed by atoms with van der Waals surface area (Å²) < 4.78 is 6.59. The number of nitrogens with zero attached hydrogens (tertiary/aromatic N) is 3. The Bertz CT molecular complexity index is 483. The molecule has 1 rings (SSSR count). The molecule has 0 spiro atoms. The van der Waals surface area contributed by atoms with Gasteiger partial charge in [-0.2, -0.15) is 0 Å². The van der Waals surface area contributed by atoms with Gasteiger partial charge in [-0.15, -0.1) is 5.10 Å². The topological polar surface area (TPSA) is 86.1 Å². The highest BCUT2D eigenvalue weighted by Crippen LogP contribution is 2.11. The summed E-state index contributed by atoms with van der Waals surface area (Å²) in [5, 5.41) is 10.7. The number of carbonyl (C=O) groups excluding carboxylic acids is 2. The number of carbonyl (C=O) groups is 2. The van der Waals surface area contributed by atoms with Crippen molar-refractivity contribution in [2.45, 2.75) is 59.5 Å². The number of amides is 1. The van der Waals surface area contributed by atoms with Crippen LogP contribution < -0.4 is 5.32 Å². The van der Waals surface area contributed by atoms with E-state index in [2.05, 4.69) is 15.6 Å². The van der Waals surface area contributed by atoms with Gasteiger partial charge in [-0.3, -0.25) is 4.79 Å². The number of ether oxygens (including phenoxy) is 1. The number of rotatable bonds is 8. The van der Waals surface area contributed by atoms with E-state index in [1.54, 1.807) is 11.6 Å². The minimum absolute atomic E-state index is 0.0411. The summed E-state index contributed by atoms with van der Waals surface area (Å²) in [7, 11) is 0. The minimum Gasteiger partial charge on any atom is -0.461 e. The number of nitrogens with one attached hydrogen (secondary N) is 1. The van der Waals surface area contributed by atoms with E-state index in [1.165, 1.54) is 0 Å². The Morgan fingerprint density at radius 2 is 2.05 bits per heavy atom. The highest BCUT2D eigenvalue weighted by atomic mass is 16.5. The molecule has 0 aromatic carbocycles.